The van der Waals surface area contributed by atoms with Crippen LogP contribution < -0.4 is 10.2 Å². The quantitative estimate of drug-likeness (QED) is 0.791. The van der Waals surface area contributed by atoms with Gasteiger partial charge in [-0.05, 0) is 38.3 Å². The first-order valence-corrected chi connectivity index (χ1v) is 7.95. The second kappa shape index (κ2) is 7.94. The van der Waals surface area contributed by atoms with E-state index in [2.05, 4.69) is 5.32 Å². The van der Waals surface area contributed by atoms with E-state index in [4.69, 9.17) is 4.74 Å². The minimum atomic E-state index is -0.126. The fourth-order valence-corrected chi connectivity index (χ4v) is 2.91. The van der Waals surface area contributed by atoms with E-state index < -0.39 is 0 Å². The van der Waals surface area contributed by atoms with Gasteiger partial charge >= 0.3 is 5.97 Å². The third kappa shape index (κ3) is 4.56. The summed E-state index contributed by atoms with van der Waals surface area (Å²) in [5, 5.41) is 2.95. The summed E-state index contributed by atoms with van der Waals surface area (Å²) in [6.45, 7) is 6.21. The topological polar surface area (TPSA) is 59.8 Å². The second-order valence-electron chi connectivity index (χ2n) is 5.84. The van der Waals surface area contributed by atoms with Crippen molar-refractivity contribution in [1.82, 2.24) is 0 Å². The van der Waals surface area contributed by atoms with Crippen LogP contribution in [0.5, 0.6) is 0 Å². The monoisotopic (exact) mass is 305 g/mol. The van der Waals surface area contributed by atoms with Crippen LogP contribution in [-0.4, -0.2) is 38.1 Å². The third-order valence-corrected chi connectivity index (χ3v) is 4.07. The van der Waals surface area contributed by atoms with Crippen LogP contribution in [0.15, 0.2) is 24.3 Å². The average Bonchev–Trinajstić information content (AvgIpc) is 2.50. The number of ether oxygens (including phenoxy) is 1. The molecule has 2 rings (SSSR count). The second-order valence-corrected chi connectivity index (χ2v) is 5.84. The molecule has 0 spiro atoms. The van der Waals surface area contributed by atoms with Gasteiger partial charge in [0, 0.05) is 5.69 Å². The van der Waals surface area contributed by atoms with Gasteiger partial charge in [-0.1, -0.05) is 18.2 Å². The Hall–Kier alpha value is -1.88. The summed E-state index contributed by atoms with van der Waals surface area (Å²) in [6, 6.07) is 7.73. The van der Waals surface area contributed by atoms with Crippen LogP contribution in [0.1, 0.15) is 25.3 Å². The third-order valence-electron chi connectivity index (χ3n) is 4.07. The maximum absolute atomic E-state index is 12.2. The first-order chi connectivity index (χ1) is 10.6. The largest absolute Gasteiger partial charge is 0.466 e. The van der Waals surface area contributed by atoms with E-state index in [1.807, 2.05) is 38.1 Å². The molecule has 22 heavy (non-hydrogen) atoms. The van der Waals surface area contributed by atoms with Gasteiger partial charge in [-0.25, -0.2) is 0 Å². The Kier molecular flexibility index (Phi) is 5.95. The van der Waals surface area contributed by atoms with Gasteiger partial charge in [-0.15, -0.1) is 0 Å². The zero-order chi connectivity index (χ0) is 15.9. The van der Waals surface area contributed by atoms with Crippen LogP contribution in [0, 0.1) is 12.8 Å². The number of hydrogen-bond acceptors (Lipinski definition) is 3. The molecule has 5 heteroatoms. The Morgan fingerprint density at radius 1 is 1.36 bits per heavy atom. The molecule has 1 unspecified atom stereocenters. The van der Waals surface area contributed by atoms with Crippen molar-refractivity contribution >= 4 is 17.6 Å². The maximum atomic E-state index is 12.2. The fourth-order valence-electron chi connectivity index (χ4n) is 2.91. The molecule has 2 N–H and O–H groups in total. The number of para-hydroxylation sites is 1. The summed E-state index contributed by atoms with van der Waals surface area (Å²) in [7, 11) is 0. The molecule has 1 aromatic rings. The molecule has 0 aliphatic carbocycles. The minimum absolute atomic E-state index is 0.00573. The van der Waals surface area contributed by atoms with E-state index in [0.717, 1.165) is 35.5 Å². The highest BCUT2D eigenvalue weighted by molar-refractivity contribution is 5.92. The number of nitrogens with one attached hydrogen (secondary N) is 2. The number of likely N-dealkylation sites (tertiary alicyclic amines) is 1. The molecule has 0 radical (unpaired) electrons. The number of amides is 1. The molecule has 1 amide bonds. The predicted octanol–water partition coefficient (Wildman–Crippen LogP) is 0.792. The van der Waals surface area contributed by atoms with Crippen LogP contribution in [0.25, 0.3) is 0 Å². The number of carbonyl (C=O) groups is 2. The van der Waals surface area contributed by atoms with E-state index in [1.165, 1.54) is 0 Å². The Labute approximate surface area is 131 Å². The van der Waals surface area contributed by atoms with E-state index in [-0.39, 0.29) is 17.8 Å². The molecule has 1 saturated heterocycles. The van der Waals surface area contributed by atoms with E-state index >= 15 is 0 Å². The molecule has 120 valence electrons. The van der Waals surface area contributed by atoms with E-state index in [1.54, 1.807) is 0 Å². The number of hydrogen-bond donors (Lipinski definition) is 2. The van der Waals surface area contributed by atoms with Crippen molar-refractivity contribution in [2.45, 2.75) is 26.7 Å². The Balaban J connectivity index is 1.86. The lowest BCUT2D eigenvalue weighted by molar-refractivity contribution is -0.899. The number of benzene rings is 1. The fraction of sp³-hybridized carbons (Fsp3) is 0.529. The van der Waals surface area contributed by atoms with Crippen molar-refractivity contribution in [2.75, 3.05) is 31.6 Å². The lowest BCUT2D eigenvalue weighted by atomic mass is 9.98. The summed E-state index contributed by atoms with van der Waals surface area (Å²) < 4.78 is 5.09. The van der Waals surface area contributed by atoms with Gasteiger partial charge in [0.2, 0.25) is 0 Å². The molecule has 1 aliphatic heterocycles. The lowest BCUT2D eigenvalue weighted by Gasteiger charge is -2.28. The van der Waals surface area contributed by atoms with Gasteiger partial charge in [0.05, 0.1) is 19.7 Å². The van der Waals surface area contributed by atoms with Gasteiger partial charge in [0.25, 0.3) is 5.91 Å². The van der Waals surface area contributed by atoms with Crippen LogP contribution >= 0.6 is 0 Å². The molecule has 2 atom stereocenters. The zero-order valence-corrected chi connectivity index (χ0v) is 13.4. The average molecular weight is 305 g/mol. The molecule has 0 saturated carbocycles. The maximum Gasteiger partial charge on any atom is 0.314 e. The Morgan fingerprint density at radius 2 is 2.14 bits per heavy atom. The van der Waals surface area contributed by atoms with Gasteiger partial charge in [0.15, 0.2) is 6.54 Å². The number of anilines is 1. The first-order valence-electron chi connectivity index (χ1n) is 7.95. The predicted molar refractivity (Wildman–Crippen MR) is 84.7 cm³/mol. The smallest absolute Gasteiger partial charge is 0.314 e. The zero-order valence-electron chi connectivity index (χ0n) is 13.4. The van der Waals surface area contributed by atoms with E-state index in [9.17, 15) is 9.59 Å². The van der Waals surface area contributed by atoms with Crippen molar-refractivity contribution in [1.29, 1.82) is 0 Å². The molecular formula is C17H25N2O3+. The van der Waals surface area contributed by atoms with Gasteiger partial charge < -0.3 is 15.0 Å². The number of carbonyl (C=O) groups excluding carboxylic acids is 2. The molecule has 0 aromatic heterocycles. The van der Waals surface area contributed by atoms with Crippen LogP contribution in [0.2, 0.25) is 0 Å². The SMILES string of the molecule is CCOC(=O)[C@H]1CCC[NH+](CC(=O)Nc2ccccc2C)C1. The molecule has 1 aromatic carbocycles. The standard InChI is InChI=1S/C17H24N2O3/c1-3-22-17(21)14-8-6-10-19(11-14)12-16(20)18-15-9-5-4-7-13(15)2/h4-5,7,9,14H,3,6,8,10-12H2,1-2H3,(H,18,20)/p+1/t14-/m0/s1. The van der Waals surface area contributed by atoms with Crippen molar-refractivity contribution in [3.63, 3.8) is 0 Å². The highest BCUT2D eigenvalue weighted by Crippen LogP contribution is 2.13. The molecule has 0 bridgehead atoms. The van der Waals surface area contributed by atoms with Crippen LogP contribution in [-0.2, 0) is 14.3 Å². The number of quaternary nitrogens is 1. The van der Waals surface area contributed by atoms with Crippen LogP contribution in [0.3, 0.4) is 0 Å². The van der Waals surface area contributed by atoms with Crippen molar-refractivity contribution < 1.29 is 19.2 Å². The van der Waals surface area contributed by atoms with Crippen molar-refractivity contribution in [2.24, 2.45) is 5.92 Å². The minimum Gasteiger partial charge on any atom is -0.466 e. The number of rotatable bonds is 5. The summed E-state index contributed by atoms with van der Waals surface area (Å²) in [4.78, 5) is 25.2. The van der Waals surface area contributed by atoms with E-state index in [0.29, 0.717) is 19.7 Å². The number of aryl methyl sites for hydroxylation is 1. The number of piperidine rings is 1. The molecule has 1 fully saturated rings. The summed E-state index contributed by atoms with van der Waals surface area (Å²) >= 11 is 0. The highest BCUT2D eigenvalue weighted by atomic mass is 16.5. The lowest BCUT2D eigenvalue weighted by Crippen LogP contribution is -3.14. The Bertz CT molecular complexity index is 530. The highest BCUT2D eigenvalue weighted by Gasteiger charge is 2.30. The van der Waals surface area contributed by atoms with Crippen LogP contribution in [0.4, 0.5) is 5.69 Å². The molecular weight excluding hydrogens is 280 g/mol. The van der Waals surface area contributed by atoms with Gasteiger partial charge in [-0.3, -0.25) is 9.59 Å². The van der Waals surface area contributed by atoms with Gasteiger partial charge in [-0.2, -0.15) is 0 Å². The van der Waals surface area contributed by atoms with Crippen molar-refractivity contribution in [3.8, 4) is 0 Å². The number of esters is 1. The first kappa shape index (κ1) is 16.5. The Morgan fingerprint density at radius 3 is 2.86 bits per heavy atom. The molecule has 1 aliphatic rings. The molecule has 1 heterocycles. The summed E-state index contributed by atoms with van der Waals surface area (Å²) in [5.74, 6) is -0.206. The van der Waals surface area contributed by atoms with Gasteiger partial charge in [0.1, 0.15) is 5.92 Å². The summed E-state index contributed by atoms with van der Waals surface area (Å²) in [5.41, 5.74) is 1.90. The molecule has 5 nitrogen and oxygen atoms in total. The normalized spacial score (nSPS) is 21.2. The van der Waals surface area contributed by atoms with Crippen molar-refractivity contribution in [3.05, 3.63) is 29.8 Å². The summed E-state index contributed by atoms with van der Waals surface area (Å²) in [6.07, 6.45) is 1.82.